The number of hydrogen-bond donors (Lipinski definition) is 5. The molecule has 6 aromatic carbocycles. The van der Waals surface area contributed by atoms with Crippen molar-refractivity contribution in [3.8, 4) is 44.9 Å². The van der Waals surface area contributed by atoms with E-state index < -0.39 is 17.6 Å². The summed E-state index contributed by atoms with van der Waals surface area (Å²) in [6.07, 6.45) is 6.88. The van der Waals surface area contributed by atoms with Crippen LogP contribution in [0.3, 0.4) is 0 Å². The third-order valence-electron chi connectivity index (χ3n) is 16.1. The molecule has 5 N–H and O–H groups in total. The Morgan fingerprint density at radius 3 is 1.30 bits per heavy atom. The summed E-state index contributed by atoms with van der Waals surface area (Å²) in [4.78, 5) is 75.8. The number of amides is 4. The Hall–Kier alpha value is -8.92. The lowest BCUT2D eigenvalue weighted by atomic mass is 9.50. The van der Waals surface area contributed by atoms with Crippen LogP contribution in [0.2, 0.25) is 0 Å². The van der Waals surface area contributed by atoms with Crippen LogP contribution in [0.25, 0.3) is 66.8 Å². The number of carbonyl (C=O) groups is 6. The lowest BCUT2D eigenvalue weighted by Gasteiger charge is -2.61. The van der Waals surface area contributed by atoms with E-state index in [0.29, 0.717) is 78.6 Å². The predicted octanol–water partition coefficient (Wildman–Crippen LogP) is 11.2. The van der Waals surface area contributed by atoms with Gasteiger partial charge >= 0.3 is 11.9 Å². The number of aryl methyl sites for hydroxylation is 2. The van der Waals surface area contributed by atoms with E-state index >= 15 is 0 Å². The number of benzene rings is 6. The van der Waals surface area contributed by atoms with Crippen LogP contribution in [-0.2, 0) is 27.2 Å². The zero-order valence-corrected chi connectivity index (χ0v) is 43.7. The predicted molar refractivity (Wildman–Crippen MR) is 292 cm³/mol. The number of carboxylic acid groups (broad SMARTS) is 1. The van der Waals surface area contributed by atoms with Gasteiger partial charge in [0, 0.05) is 71.0 Å². The maximum Gasteiger partial charge on any atom is 0.305 e. The van der Waals surface area contributed by atoms with Crippen LogP contribution < -0.4 is 21.3 Å². The second-order valence-electron chi connectivity index (χ2n) is 21.4. The monoisotopic (exact) mass is 1070 g/mol. The van der Waals surface area contributed by atoms with Crippen molar-refractivity contribution < 1.29 is 56.2 Å². The van der Waals surface area contributed by atoms with Crippen molar-refractivity contribution in [2.45, 2.75) is 75.3 Å². The lowest BCUT2D eigenvalue weighted by Crippen LogP contribution is -2.68. The molecule has 14 rings (SSSR count). The van der Waals surface area contributed by atoms with Gasteiger partial charge < -0.3 is 39.9 Å². The molecule has 0 aliphatic heterocycles. The average Bonchev–Trinajstić information content (AvgIpc) is 4.19. The minimum atomic E-state index is -0.940. The van der Waals surface area contributed by atoms with Crippen molar-refractivity contribution in [1.29, 1.82) is 0 Å². The van der Waals surface area contributed by atoms with Gasteiger partial charge in [0.2, 0.25) is 0 Å². The SMILES string of the molecule is CNC(=O)c1c(-c2ccc(F)cc2)oc2cc(CCC(=O)O)c(-c3cccc(C(=O)NC45CC(C4)C5)c3)cc12.CNC(=O)c1c(-c2ccc(F)cc2)oc2cc(CCC(=O)OC)c(-c3cccc(C(=O)NC45CC(C4)C5)c3)cc12. The molecular weight excluding hydrogens is 1010 g/mol. The Labute approximate surface area is 452 Å². The summed E-state index contributed by atoms with van der Waals surface area (Å²) in [6.45, 7) is 0. The highest BCUT2D eigenvalue weighted by Gasteiger charge is 2.58. The summed E-state index contributed by atoms with van der Waals surface area (Å²) in [5.41, 5.74) is 8.05. The number of furan rings is 2. The standard InChI is InChI=1S/C32H29FN2O5.C31H27FN2O5/c1-34-31(38)28-25-14-24(20-4-3-5-22(12-20)30(37)35-32-15-18(16-32)17-32)21(8-11-27(36)39-2)13-26(25)40-29(28)19-6-9-23(33)10-7-19;1-33-30(38)27-24-13-23(19-3-2-4-21(11-19)29(37)34-31-14-17(15-31)16-31)20(7-10-26(35)36)12-25(24)39-28(27)18-5-8-22(32)9-6-18/h3-7,9-10,12-14,18H,8,11,15-17H2,1-2H3,(H,34,38)(H,35,37);2-6,8-9,11-13,17H,7,10,14-16H2,1H3,(H,33,38)(H,34,37)(H,35,36). The van der Waals surface area contributed by atoms with E-state index in [1.807, 2.05) is 42.5 Å². The quantitative estimate of drug-likeness (QED) is 0.0579. The highest BCUT2D eigenvalue weighted by atomic mass is 19.1. The molecule has 6 saturated carbocycles. The molecule has 8 aromatic rings. The van der Waals surface area contributed by atoms with Crippen molar-refractivity contribution in [2.24, 2.45) is 11.8 Å². The number of rotatable bonds is 16. The summed E-state index contributed by atoms with van der Waals surface area (Å²) >= 11 is 0. The highest BCUT2D eigenvalue weighted by molar-refractivity contribution is 6.13. The minimum absolute atomic E-state index is 0.0434. The van der Waals surface area contributed by atoms with Crippen LogP contribution in [0.4, 0.5) is 8.78 Å². The summed E-state index contributed by atoms with van der Waals surface area (Å²) in [6, 6.07) is 33.3. The molecule has 0 radical (unpaired) electrons. The van der Waals surface area contributed by atoms with Crippen LogP contribution in [0.1, 0.15) is 104 Å². The Morgan fingerprint density at radius 2 is 0.949 bits per heavy atom. The molecule has 79 heavy (non-hydrogen) atoms. The van der Waals surface area contributed by atoms with Gasteiger partial charge in [0.05, 0.1) is 18.2 Å². The number of esters is 1. The molecule has 0 unspecified atom stereocenters. The summed E-state index contributed by atoms with van der Waals surface area (Å²) in [7, 11) is 4.40. The number of fused-ring (bicyclic) bond motifs is 2. The van der Waals surface area contributed by atoms with E-state index in [9.17, 15) is 42.7 Å². The van der Waals surface area contributed by atoms with Crippen LogP contribution in [0.15, 0.2) is 130 Å². The van der Waals surface area contributed by atoms with E-state index in [1.54, 1.807) is 54.6 Å². The zero-order chi connectivity index (χ0) is 55.3. The maximum atomic E-state index is 13.6. The minimum Gasteiger partial charge on any atom is -0.481 e. The van der Waals surface area contributed by atoms with E-state index in [2.05, 4.69) is 21.3 Å². The van der Waals surface area contributed by atoms with Crippen LogP contribution in [0, 0.1) is 23.5 Å². The van der Waals surface area contributed by atoms with Crippen molar-refractivity contribution in [1.82, 2.24) is 21.3 Å². The zero-order valence-electron chi connectivity index (χ0n) is 43.7. The molecule has 4 amide bonds. The van der Waals surface area contributed by atoms with Gasteiger partial charge in [-0.15, -0.1) is 0 Å². The van der Waals surface area contributed by atoms with Crippen molar-refractivity contribution >= 4 is 57.5 Å². The van der Waals surface area contributed by atoms with Crippen molar-refractivity contribution in [3.05, 3.63) is 166 Å². The van der Waals surface area contributed by atoms with E-state index in [-0.39, 0.29) is 65.7 Å². The number of halogens is 2. The topological polar surface area (TPSA) is 206 Å². The highest BCUT2D eigenvalue weighted by Crippen LogP contribution is 2.58. The molecule has 4 bridgehead atoms. The number of carboxylic acids is 1. The molecule has 2 aromatic heterocycles. The van der Waals surface area contributed by atoms with Gasteiger partial charge in [-0.1, -0.05) is 24.3 Å². The van der Waals surface area contributed by atoms with Gasteiger partial charge in [0.1, 0.15) is 34.3 Å². The van der Waals surface area contributed by atoms with Gasteiger partial charge in [0.15, 0.2) is 0 Å². The van der Waals surface area contributed by atoms with Gasteiger partial charge in [-0.25, -0.2) is 8.78 Å². The third-order valence-corrected chi connectivity index (χ3v) is 16.1. The summed E-state index contributed by atoms with van der Waals surface area (Å²) in [5.74, 6) is -0.957. The molecular formula is C63H56F2N4O10. The largest absolute Gasteiger partial charge is 0.481 e. The van der Waals surface area contributed by atoms with Crippen LogP contribution >= 0.6 is 0 Å². The van der Waals surface area contributed by atoms with Crippen molar-refractivity contribution in [2.75, 3.05) is 21.2 Å². The third kappa shape index (κ3) is 10.1. The van der Waals surface area contributed by atoms with E-state index in [0.717, 1.165) is 72.6 Å². The number of carbonyl (C=O) groups excluding carboxylic acids is 5. The van der Waals surface area contributed by atoms with Gasteiger partial charge in [-0.2, -0.15) is 0 Å². The molecule has 6 fully saturated rings. The lowest BCUT2D eigenvalue weighted by molar-refractivity contribution is -0.140. The van der Waals surface area contributed by atoms with Gasteiger partial charge in [-0.05, 0) is 194 Å². The molecule has 0 atom stereocenters. The van der Waals surface area contributed by atoms with E-state index in [4.69, 9.17) is 13.6 Å². The Balaban J connectivity index is 0.000000167. The molecule has 402 valence electrons. The normalized spacial score (nSPS) is 19.1. The van der Waals surface area contributed by atoms with Crippen molar-refractivity contribution in [3.63, 3.8) is 0 Å². The fourth-order valence-electron chi connectivity index (χ4n) is 11.8. The number of nitrogens with one attached hydrogen (secondary N) is 4. The fraction of sp³-hybridized carbons (Fsp3) is 0.270. The first-order valence-electron chi connectivity index (χ1n) is 26.3. The number of ether oxygens (including phenoxy) is 1. The van der Waals surface area contributed by atoms with Crippen LogP contribution in [-0.4, -0.2) is 73.0 Å². The van der Waals surface area contributed by atoms with Gasteiger partial charge in [-0.3, -0.25) is 28.8 Å². The molecule has 0 spiro atoms. The Morgan fingerprint density at radius 1 is 0.544 bits per heavy atom. The van der Waals surface area contributed by atoms with Crippen LogP contribution in [0.5, 0.6) is 0 Å². The fourth-order valence-corrected chi connectivity index (χ4v) is 11.8. The number of aliphatic carboxylic acids is 1. The smallest absolute Gasteiger partial charge is 0.305 e. The second kappa shape index (κ2) is 20.8. The average molecular weight is 1070 g/mol. The molecule has 0 saturated heterocycles. The molecule has 2 heterocycles. The molecule has 16 heteroatoms. The Kier molecular flexibility index (Phi) is 13.7. The first-order chi connectivity index (χ1) is 38.0. The van der Waals surface area contributed by atoms with E-state index in [1.165, 1.54) is 45.5 Å². The summed E-state index contributed by atoms with van der Waals surface area (Å²) < 4.78 is 44.4. The first-order valence-corrected chi connectivity index (χ1v) is 26.3. The van der Waals surface area contributed by atoms with Gasteiger partial charge in [0.25, 0.3) is 23.6 Å². The molecule has 14 nitrogen and oxygen atoms in total. The number of methoxy groups -OCH3 is 1. The Bertz CT molecular complexity index is 3750. The molecule has 6 aliphatic rings. The first kappa shape index (κ1) is 52.1. The molecule has 6 aliphatic carbocycles. The second-order valence-corrected chi connectivity index (χ2v) is 21.4. The maximum absolute atomic E-state index is 13.6. The summed E-state index contributed by atoms with van der Waals surface area (Å²) in [5, 5.41) is 22.2. The number of hydrogen-bond acceptors (Lipinski definition) is 9.